The fraction of sp³-hybridized carbons (Fsp3) is 0.344. The predicted molar refractivity (Wildman–Crippen MR) is 158 cm³/mol. The number of rotatable bonds is 7. The molecule has 4 heterocycles. The number of carbonyl (C=O) groups excluding carboxylic acids is 1. The second-order valence-corrected chi connectivity index (χ2v) is 10.5. The number of aromatic nitrogens is 2. The van der Waals surface area contributed by atoms with Crippen LogP contribution in [0, 0.1) is 12.3 Å². The second-order valence-electron chi connectivity index (χ2n) is 10.5. The van der Waals surface area contributed by atoms with E-state index in [2.05, 4.69) is 76.4 Å². The van der Waals surface area contributed by atoms with Crippen molar-refractivity contribution < 1.29 is 14.3 Å². The number of pyridine rings is 1. The number of piperidine rings is 1. The van der Waals surface area contributed by atoms with E-state index in [1.165, 1.54) is 11.9 Å². The van der Waals surface area contributed by atoms with Gasteiger partial charge < -0.3 is 29.7 Å². The average Bonchev–Trinajstić information content (AvgIpc) is 3.44. The van der Waals surface area contributed by atoms with Crippen molar-refractivity contribution in [3.05, 3.63) is 66.4 Å². The molecular formula is C32H35N5O3. The number of carbonyl (C=O) groups is 1. The number of likely N-dealkylation sites (tertiary alicyclic amines) is 1. The number of aryl methyl sites for hydroxylation is 1. The minimum absolute atomic E-state index is 0.0237. The van der Waals surface area contributed by atoms with Gasteiger partial charge in [0.1, 0.15) is 17.5 Å². The molecule has 8 nitrogen and oxygen atoms in total. The maximum atomic E-state index is 12.1. The Morgan fingerprint density at radius 3 is 2.52 bits per heavy atom. The largest absolute Gasteiger partial charge is 0.490 e. The fourth-order valence-corrected chi connectivity index (χ4v) is 5.68. The smallest absolute Gasteiger partial charge is 0.227 e. The molecule has 2 aliphatic rings. The third-order valence-electron chi connectivity index (χ3n) is 7.94. The van der Waals surface area contributed by atoms with Gasteiger partial charge in [-0.25, -0.2) is 4.98 Å². The summed E-state index contributed by atoms with van der Waals surface area (Å²) >= 11 is 0. The second kappa shape index (κ2) is 11.5. The normalized spacial score (nSPS) is 16.3. The van der Waals surface area contributed by atoms with Gasteiger partial charge in [-0.15, -0.1) is 0 Å². The van der Waals surface area contributed by atoms with Crippen LogP contribution < -0.4 is 9.64 Å². The van der Waals surface area contributed by atoms with Gasteiger partial charge in [-0.3, -0.25) is 4.79 Å². The van der Waals surface area contributed by atoms with Crippen molar-refractivity contribution in [1.29, 1.82) is 5.41 Å². The molecule has 0 spiro atoms. The van der Waals surface area contributed by atoms with Crippen LogP contribution in [-0.2, 0) is 9.53 Å². The van der Waals surface area contributed by atoms with Gasteiger partial charge in [0, 0.05) is 68.2 Å². The molecule has 2 aromatic carbocycles. The first-order chi connectivity index (χ1) is 19.6. The number of hydrogen-bond acceptors (Lipinski definition) is 6. The summed E-state index contributed by atoms with van der Waals surface area (Å²) in [6, 6.07) is 19.3. The number of nitrogens with zero attached hydrogens (tertiary/aromatic N) is 3. The van der Waals surface area contributed by atoms with Crippen molar-refractivity contribution in [2.24, 2.45) is 0 Å². The molecule has 206 valence electrons. The van der Waals surface area contributed by atoms with Crippen LogP contribution in [0.15, 0.2) is 60.8 Å². The predicted octanol–water partition coefficient (Wildman–Crippen LogP) is 5.45. The number of nitrogens with one attached hydrogen (secondary N) is 2. The van der Waals surface area contributed by atoms with E-state index in [0.29, 0.717) is 13.1 Å². The van der Waals surface area contributed by atoms with Crippen molar-refractivity contribution >= 4 is 28.8 Å². The number of benzene rings is 2. The van der Waals surface area contributed by atoms with E-state index in [9.17, 15) is 4.79 Å². The van der Waals surface area contributed by atoms with Crippen molar-refractivity contribution in [3.8, 4) is 28.1 Å². The van der Waals surface area contributed by atoms with E-state index < -0.39 is 0 Å². The van der Waals surface area contributed by atoms with Crippen LogP contribution in [0.5, 0.6) is 5.75 Å². The van der Waals surface area contributed by atoms with Crippen molar-refractivity contribution in [2.45, 2.75) is 32.3 Å². The molecule has 0 atom stereocenters. The van der Waals surface area contributed by atoms with E-state index in [0.717, 1.165) is 83.9 Å². The number of aromatic amines is 1. The number of hydrogen-bond donors (Lipinski definition) is 2. The molecular weight excluding hydrogens is 502 g/mol. The number of anilines is 1. The summed E-state index contributed by atoms with van der Waals surface area (Å²) in [4.78, 5) is 24.4. The maximum absolute atomic E-state index is 12.1. The van der Waals surface area contributed by atoms with Crippen molar-refractivity contribution in [3.63, 3.8) is 0 Å². The van der Waals surface area contributed by atoms with Crippen LogP contribution >= 0.6 is 0 Å². The van der Waals surface area contributed by atoms with E-state index in [4.69, 9.17) is 14.9 Å². The monoisotopic (exact) mass is 537 g/mol. The lowest BCUT2D eigenvalue weighted by Gasteiger charge is -2.32. The molecule has 0 saturated carbocycles. The number of H-pyrrole nitrogens is 1. The van der Waals surface area contributed by atoms with Crippen LogP contribution in [0.3, 0.4) is 0 Å². The molecule has 2 fully saturated rings. The molecule has 2 N–H and O–H groups in total. The number of amides is 1. The van der Waals surface area contributed by atoms with Crippen molar-refractivity contribution in [1.82, 2.24) is 14.9 Å². The number of fused-ring (bicyclic) bond motifs is 1. The van der Waals surface area contributed by atoms with Gasteiger partial charge >= 0.3 is 0 Å². The lowest BCUT2D eigenvalue weighted by molar-refractivity contribution is -0.131. The van der Waals surface area contributed by atoms with Gasteiger partial charge in [0.05, 0.1) is 19.6 Å². The van der Waals surface area contributed by atoms with Crippen LogP contribution in [0.1, 0.15) is 24.8 Å². The first-order valence-corrected chi connectivity index (χ1v) is 14.0. The molecule has 1 amide bonds. The van der Waals surface area contributed by atoms with E-state index in [-0.39, 0.29) is 18.4 Å². The molecule has 2 saturated heterocycles. The van der Waals surface area contributed by atoms with Crippen molar-refractivity contribution in [2.75, 3.05) is 44.3 Å². The Labute approximate surface area is 234 Å². The molecule has 0 aliphatic carbocycles. The summed E-state index contributed by atoms with van der Waals surface area (Å²) in [6.07, 6.45) is 4.89. The molecule has 8 heteroatoms. The molecule has 2 aliphatic heterocycles. The molecule has 6 rings (SSSR count). The Balaban J connectivity index is 1.17. The molecule has 2 aromatic heterocycles. The zero-order valence-corrected chi connectivity index (χ0v) is 22.9. The first-order valence-electron chi connectivity index (χ1n) is 14.0. The quantitative estimate of drug-likeness (QED) is 0.306. The topological polar surface area (TPSA) is 94.5 Å². The Morgan fingerprint density at radius 2 is 1.80 bits per heavy atom. The highest BCUT2D eigenvalue weighted by atomic mass is 16.5. The summed E-state index contributed by atoms with van der Waals surface area (Å²) in [7, 11) is 0. The Morgan fingerprint density at radius 1 is 1.05 bits per heavy atom. The lowest BCUT2D eigenvalue weighted by Crippen LogP contribution is -2.41. The fourth-order valence-electron chi connectivity index (χ4n) is 5.68. The number of ether oxygens (including phenoxy) is 2. The Bertz CT molecular complexity index is 1500. The summed E-state index contributed by atoms with van der Waals surface area (Å²) in [5, 5.41) is 8.25. The first kappa shape index (κ1) is 26.1. The zero-order chi connectivity index (χ0) is 27.5. The summed E-state index contributed by atoms with van der Waals surface area (Å²) in [5.41, 5.74) is 7.60. The van der Waals surface area contributed by atoms with E-state index >= 15 is 0 Å². The average molecular weight is 538 g/mol. The standard InChI is InChI=1S/C32H35N5O3/c1-22-20-24(4-7-30(22)40-26-10-14-37(15-11-26)31(38)8-12-33)27-9-13-34-32-28(27)21-29(35-32)23-2-5-25(6-3-23)36-16-18-39-19-17-36/h2-7,9,12-13,20-21,26,33H,8,10-11,14-19H2,1H3,(H,34,35). The summed E-state index contributed by atoms with van der Waals surface area (Å²) in [6.45, 7) is 6.84. The minimum atomic E-state index is 0.0237. The molecule has 40 heavy (non-hydrogen) atoms. The van der Waals surface area contributed by atoms with E-state index in [1.807, 2.05) is 11.1 Å². The third kappa shape index (κ3) is 5.45. The van der Waals surface area contributed by atoms with Gasteiger partial charge in [0.15, 0.2) is 0 Å². The van der Waals surface area contributed by atoms with Gasteiger partial charge in [-0.05, 0) is 65.6 Å². The molecule has 0 unspecified atom stereocenters. The van der Waals surface area contributed by atoms with Crippen LogP contribution in [0.2, 0.25) is 0 Å². The van der Waals surface area contributed by atoms with Gasteiger partial charge in [0.25, 0.3) is 0 Å². The van der Waals surface area contributed by atoms with Gasteiger partial charge in [0.2, 0.25) is 5.91 Å². The highest BCUT2D eigenvalue weighted by Crippen LogP contribution is 2.34. The number of morpholine rings is 1. The summed E-state index contributed by atoms with van der Waals surface area (Å²) in [5.74, 6) is 0.906. The van der Waals surface area contributed by atoms with Gasteiger partial charge in [-0.2, -0.15) is 0 Å². The van der Waals surface area contributed by atoms with E-state index in [1.54, 1.807) is 0 Å². The highest BCUT2D eigenvalue weighted by Gasteiger charge is 2.24. The molecule has 0 radical (unpaired) electrons. The molecule has 4 aromatic rings. The van der Waals surface area contributed by atoms with Crippen LogP contribution in [-0.4, -0.2) is 72.5 Å². The highest BCUT2D eigenvalue weighted by molar-refractivity contribution is 5.96. The summed E-state index contributed by atoms with van der Waals surface area (Å²) < 4.78 is 11.8. The SMILES string of the molecule is Cc1cc(-c2ccnc3[nH]c(-c4ccc(N5CCOCC5)cc4)cc23)ccc1OC1CCN(C(=O)CC=N)CC1. The lowest BCUT2D eigenvalue weighted by atomic mass is 10.0. The molecule has 0 bridgehead atoms. The van der Waals surface area contributed by atoms with Crippen LogP contribution in [0.4, 0.5) is 5.69 Å². The zero-order valence-electron chi connectivity index (χ0n) is 22.9. The van der Waals surface area contributed by atoms with Gasteiger partial charge in [-0.1, -0.05) is 18.2 Å². The minimum Gasteiger partial charge on any atom is -0.490 e. The third-order valence-corrected chi connectivity index (χ3v) is 7.94. The Kier molecular flexibility index (Phi) is 7.51. The Hall–Kier alpha value is -4.17. The van der Waals surface area contributed by atoms with Crippen LogP contribution in [0.25, 0.3) is 33.4 Å². The maximum Gasteiger partial charge on any atom is 0.227 e.